The lowest BCUT2D eigenvalue weighted by molar-refractivity contribution is 1.30. The molecule has 0 bridgehead atoms. The van der Waals surface area contributed by atoms with E-state index in [1.54, 1.807) is 0 Å². The normalized spacial score (nSPS) is 13.9. The summed E-state index contributed by atoms with van der Waals surface area (Å²) in [5.74, 6) is 0. The zero-order valence-electron chi connectivity index (χ0n) is 9.38. The first-order valence-corrected chi connectivity index (χ1v) is 7.14. The summed E-state index contributed by atoms with van der Waals surface area (Å²) in [6, 6.07) is 13.9. The van der Waals surface area contributed by atoms with Gasteiger partial charge in [0, 0.05) is 32.1 Å². The molecule has 2 aromatic carbocycles. The number of benzene rings is 2. The first kappa shape index (κ1) is 12.3. The van der Waals surface area contributed by atoms with Crippen LogP contribution >= 0.6 is 39.1 Å². The fourth-order valence-corrected chi connectivity index (χ4v) is 3.50. The molecule has 2 aromatic rings. The van der Waals surface area contributed by atoms with Crippen LogP contribution in [0.2, 0.25) is 10.0 Å². The Hall–Kier alpha value is -0.760. The van der Waals surface area contributed by atoms with Crippen molar-refractivity contribution in [2.75, 3.05) is 0 Å². The summed E-state index contributed by atoms with van der Waals surface area (Å²) in [7, 11) is 0. The van der Waals surface area contributed by atoms with Crippen LogP contribution in [0.5, 0.6) is 0 Å². The second kappa shape index (κ2) is 4.73. The molecular formula is C15H9BrCl2. The van der Waals surface area contributed by atoms with Gasteiger partial charge in [0.2, 0.25) is 0 Å². The topological polar surface area (TPSA) is 0 Å². The number of rotatable bonds is 1. The highest BCUT2D eigenvalue weighted by molar-refractivity contribution is 9.11. The maximum Gasteiger partial charge on any atom is 0.0484 e. The molecule has 3 rings (SSSR count). The molecule has 3 heteroatoms. The lowest BCUT2D eigenvalue weighted by Crippen LogP contribution is -1.88. The Morgan fingerprint density at radius 1 is 0.833 bits per heavy atom. The molecule has 0 unspecified atom stereocenters. The van der Waals surface area contributed by atoms with Crippen molar-refractivity contribution >= 4 is 44.7 Å². The monoisotopic (exact) mass is 338 g/mol. The first-order chi connectivity index (χ1) is 8.68. The zero-order chi connectivity index (χ0) is 12.7. The minimum Gasteiger partial charge on any atom is -0.0840 e. The Bertz CT molecular complexity index is 659. The summed E-state index contributed by atoms with van der Waals surface area (Å²) in [6.45, 7) is 0. The average Bonchev–Trinajstić information content (AvgIpc) is 2.68. The van der Waals surface area contributed by atoms with Gasteiger partial charge in [-0.2, -0.15) is 0 Å². The van der Waals surface area contributed by atoms with Crippen LogP contribution in [0.25, 0.3) is 5.57 Å². The van der Waals surface area contributed by atoms with Crippen molar-refractivity contribution in [2.24, 2.45) is 0 Å². The summed E-state index contributed by atoms with van der Waals surface area (Å²) >= 11 is 16.2. The van der Waals surface area contributed by atoms with Gasteiger partial charge in [-0.1, -0.05) is 69.5 Å². The van der Waals surface area contributed by atoms with E-state index in [9.17, 15) is 0 Å². The van der Waals surface area contributed by atoms with Crippen molar-refractivity contribution in [1.82, 2.24) is 0 Å². The van der Waals surface area contributed by atoms with Gasteiger partial charge in [0.25, 0.3) is 0 Å². The SMILES string of the molecule is Clc1ccccc1C1=C(Br)Cc2c(Cl)cccc21. The van der Waals surface area contributed by atoms with Gasteiger partial charge in [0.1, 0.15) is 0 Å². The molecule has 0 fully saturated rings. The van der Waals surface area contributed by atoms with E-state index in [-0.39, 0.29) is 0 Å². The lowest BCUT2D eigenvalue weighted by Gasteiger charge is -2.09. The Morgan fingerprint density at radius 2 is 1.50 bits per heavy atom. The molecule has 0 aromatic heterocycles. The molecule has 0 spiro atoms. The second-order valence-corrected chi connectivity index (χ2v) is 5.97. The van der Waals surface area contributed by atoms with Crippen LogP contribution in [-0.4, -0.2) is 0 Å². The van der Waals surface area contributed by atoms with Gasteiger partial charge in [-0.25, -0.2) is 0 Å². The molecule has 0 radical (unpaired) electrons. The molecule has 18 heavy (non-hydrogen) atoms. The zero-order valence-corrected chi connectivity index (χ0v) is 12.5. The van der Waals surface area contributed by atoms with Crippen LogP contribution in [-0.2, 0) is 6.42 Å². The summed E-state index contributed by atoms with van der Waals surface area (Å²) < 4.78 is 1.14. The van der Waals surface area contributed by atoms with E-state index in [1.165, 1.54) is 11.1 Å². The quantitative estimate of drug-likeness (QED) is 0.624. The molecule has 0 nitrogen and oxygen atoms in total. The molecule has 0 saturated carbocycles. The Labute approximate surface area is 124 Å². The standard InChI is InChI=1S/C15H9BrCl2/c16-12-8-11-9(5-3-7-14(11)18)15(12)10-4-1-2-6-13(10)17/h1-7H,8H2. The van der Waals surface area contributed by atoms with Crippen LogP contribution in [0, 0.1) is 0 Å². The molecule has 1 aliphatic carbocycles. The van der Waals surface area contributed by atoms with Gasteiger partial charge in [-0.3, -0.25) is 0 Å². The molecule has 0 amide bonds. The van der Waals surface area contributed by atoms with Crippen molar-refractivity contribution in [3.8, 4) is 0 Å². The fourth-order valence-electron chi connectivity index (χ4n) is 2.32. The van der Waals surface area contributed by atoms with Crippen LogP contribution in [0.1, 0.15) is 16.7 Å². The van der Waals surface area contributed by atoms with Gasteiger partial charge in [0.05, 0.1) is 0 Å². The third-order valence-corrected chi connectivity index (χ3v) is 4.50. The highest BCUT2D eigenvalue weighted by Gasteiger charge is 2.24. The molecule has 0 saturated heterocycles. The molecule has 0 N–H and O–H groups in total. The van der Waals surface area contributed by atoms with E-state index < -0.39 is 0 Å². The summed E-state index contributed by atoms with van der Waals surface area (Å²) in [6.07, 6.45) is 0.829. The predicted molar refractivity (Wildman–Crippen MR) is 81.6 cm³/mol. The third-order valence-electron chi connectivity index (χ3n) is 3.13. The summed E-state index contributed by atoms with van der Waals surface area (Å²) in [5.41, 5.74) is 4.54. The molecular weight excluding hydrogens is 331 g/mol. The second-order valence-electron chi connectivity index (χ2n) is 4.20. The highest BCUT2D eigenvalue weighted by Crippen LogP contribution is 2.44. The summed E-state index contributed by atoms with van der Waals surface area (Å²) in [4.78, 5) is 0. The van der Waals surface area contributed by atoms with Crippen LogP contribution in [0.4, 0.5) is 0 Å². The number of fused-ring (bicyclic) bond motifs is 1. The highest BCUT2D eigenvalue weighted by atomic mass is 79.9. The van der Waals surface area contributed by atoms with Crippen molar-refractivity contribution in [1.29, 1.82) is 0 Å². The van der Waals surface area contributed by atoms with E-state index >= 15 is 0 Å². The smallest absolute Gasteiger partial charge is 0.0484 e. The maximum atomic E-state index is 6.29. The first-order valence-electron chi connectivity index (χ1n) is 5.60. The minimum absolute atomic E-state index is 0.761. The lowest BCUT2D eigenvalue weighted by atomic mass is 9.99. The third kappa shape index (κ3) is 1.91. The largest absolute Gasteiger partial charge is 0.0840 e. The maximum absolute atomic E-state index is 6.29. The van der Waals surface area contributed by atoms with Gasteiger partial charge in [-0.05, 0) is 23.3 Å². The van der Waals surface area contributed by atoms with E-state index in [0.29, 0.717) is 0 Å². The molecule has 0 aliphatic heterocycles. The van der Waals surface area contributed by atoms with Gasteiger partial charge in [-0.15, -0.1) is 0 Å². The van der Waals surface area contributed by atoms with Crippen molar-refractivity contribution in [2.45, 2.75) is 6.42 Å². The number of hydrogen-bond donors (Lipinski definition) is 0. The number of allylic oxidation sites excluding steroid dienone is 1. The van der Waals surface area contributed by atoms with Gasteiger partial charge in [0.15, 0.2) is 0 Å². The van der Waals surface area contributed by atoms with Crippen LogP contribution in [0.15, 0.2) is 46.9 Å². The molecule has 0 atom stereocenters. The average molecular weight is 340 g/mol. The molecule has 0 heterocycles. The van der Waals surface area contributed by atoms with Crippen molar-refractivity contribution in [3.05, 3.63) is 73.7 Å². The molecule has 1 aliphatic rings. The number of halogens is 3. The predicted octanol–water partition coefficient (Wildman–Crippen LogP) is 5.70. The number of hydrogen-bond acceptors (Lipinski definition) is 0. The minimum atomic E-state index is 0.761. The fraction of sp³-hybridized carbons (Fsp3) is 0.0667. The van der Waals surface area contributed by atoms with E-state index in [4.69, 9.17) is 23.2 Å². The Kier molecular flexibility index (Phi) is 3.23. The van der Waals surface area contributed by atoms with Crippen molar-refractivity contribution in [3.63, 3.8) is 0 Å². The van der Waals surface area contributed by atoms with Gasteiger partial charge >= 0.3 is 0 Å². The van der Waals surface area contributed by atoms with E-state index in [2.05, 4.69) is 22.0 Å². The van der Waals surface area contributed by atoms with E-state index in [0.717, 1.165) is 32.1 Å². The van der Waals surface area contributed by atoms with Crippen molar-refractivity contribution < 1.29 is 0 Å². The Morgan fingerprint density at radius 3 is 2.28 bits per heavy atom. The van der Waals surface area contributed by atoms with E-state index in [1.807, 2.05) is 36.4 Å². The summed E-state index contributed by atoms with van der Waals surface area (Å²) in [5, 5.41) is 1.57. The van der Waals surface area contributed by atoms with Crippen LogP contribution < -0.4 is 0 Å². The van der Waals surface area contributed by atoms with Crippen LogP contribution in [0.3, 0.4) is 0 Å². The Balaban J connectivity index is 2.24. The van der Waals surface area contributed by atoms with Gasteiger partial charge < -0.3 is 0 Å². The molecule has 90 valence electrons.